The van der Waals surface area contributed by atoms with Crippen LogP contribution in [0.25, 0.3) is 0 Å². The first kappa shape index (κ1) is 16.9. The van der Waals surface area contributed by atoms with Gasteiger partial charge < -0.3 is 15.0 Å². The number of nitriles is 1. The van der Waals surface area contributed by atoms with Gasteiger partial charge in [-0.2, -0.15) is 5.26 Å². The van der Waals surface area contributed by atoms with Crippen LogP contribution < -0.4 is 5.32 Å². The van der Waals surface area contributed by atoms with Gasteiger partial charge in [-0.25, -0.2) is 0 Å². The van der Waals surface area contributed by atoms with Crippen LogP contribution >= 0.6 is 0 Å². The number of methoxy groups -OCH3 is 1. The van der Waals surface area contributed by atoms with Gasteiger partial charge in [-0.1, -0.05) is 13.8 Å². The van der Waals surface area contributed by atoms with E-state index in [-0.39, 0.29) is 5.91 Å². The van der Waals surface area contributed by atoms with Gasteiger partial charge in [0, 0.05) is 32.7 Å². The predicted octanol–water partition coefficient (Wildman–Crippen LogP) is 1.15. The van der Waals surface area contributed by atoms with E-state index in [1.54, 1.807) is 12.0 Å². The van der Waals surface area contributed by atoms with Crippen molar-refractivity contribution < 1.29 is 9.53 Å². The molecule has 0 saturated carbocycles. The summed E-state index contributed by atoms with van der Waals surface area (Å²) in [6.07, 6.45) is 1.72. The lowest BCUT2D eigenvalue weighted by Crippen LogP contribution is -2.35. The quantitative estimate of drug-likeness (QED) is 0.595. The van der Waals surface area contributed by atoms with Crippen molar-refractivity contribution in [2.75, 3.05) is 33.4 Å². The largest absolute Gasteiger partial charge is 0.383 e. The van der Waals surface area contributed by atoms with E-state index in [1.807, 2.05) is 0 Å². The van der Waals surface area contributed by atoms with Crippen molar-refractivity contribution in [3.63, 3.8) is 0 Å². The van der Waals surface area contributed by atoms with Crippen LogP contribution in [0.4, 0.5) is 0 Å². The average molecular weight is 255 g/mol. The molecule has 0 saturated heterocycles. The Balaban J connectivity index is 3.92. The van der Waals surface area contributed by atoms with Crippen LogP contribution in [-0.4, -0.2) is 50.2 Å². The van der Waals surface area contributed by atoms with Gasteiger partial charge in [-0.15, -0.1) is 0 Å². The topological polar surface area (TPSA) is 65.4 Å². The number of nitrogens with one attached hydrogen (secondary N) is 1. The maximum atomic E-state index is 11.9. The van der Waals surface area contributed by atoms with E-state index in [0.717, 1.165) is 13.0 Å². The van der Waals surface area contributed by atoms with Gasteiger partial charge in [0.15, 0.2) is 0 Å². The van der Waals surface area contributed by atoms with Crippen LogP contribution in [0, 0.1) is 11.3 Å². The van der Waals surface area contributed by atoms with E-state index in [2.05, 4.69) is 25.2 Å². The normalized spacial score (nSPS) is 10.4. The Morgan fingerprint density at radius 3 is 2.72 bits per heavy atom. The van der Waals surface area contributed by atoms with Gasteiger partial charge >= 0.3 is 0 Å². The monoisotopic (exact) mass is 255 g/mol. The predicted molar refractivity (Wildman–Crippen MR) is 71.1 cm³/mol. The lowest BCUT2D eigenvalue weighted by Gasteiger charge is -2.21. The van der Waals surface area contributed by atoms with E-state index in [0.29, 0.717) is 38.6 Å². The van der Waals surface area contributed by atoms with Crippen LogP contribution in [0.1, 0.15) is 33.1 Å². The molecule has 0 aliphatic carbocycles. The standard InChI is InChI=1S/C13H25N3O2/c1-12(2)15-8-4-6-13(17)16(9-5-7-14)10-11-18-3/h12,15H,4-6,8-11H2,1-3H3. The van der Waals surface area contributed by atoms with E-state index in [9.17, 15) is 4.79 Å². The molecule has 0 aromatic heterocycles. The second-order valence-corrected chi connectivity index (χ2v) is 4.49. The van der Waals surface area contributed by atoms with Crippen molar-refractivity contribution >= 4 is 5.91 Å². The molecule has 0 aliphatic heterocycles. The van der Waals surface area contributed by atoms with E-state index in [4.69, 9.17) is 10.00 Å². The van der Waals surface area contributed by atoms with Crippen LogP contribution in [0.5, 0.6) is 0 Å². The molecule has 0 radical (unpaired) electrons. The third kappa shape index (κ3) is 8.97. The minimum atomic E-state index is 0.104. The first-order valence-electron chi connectivity index (χ1n) is 6.48. The number of rotatable bonds is 10. The average Bonchev–Trinajstić information content (AvgIpc) is 2.34. The second-order valence-electron chi connectivity index (χ2n) is 4.49. The third-order valence-corrected chi connectivity index (χ3v) is 2.53. The first-order valence-corrected chi connectivity index (χ1v) is 6.48. The number of carbonyl (C=O) groups is 1. The fourth-order valence-electron chi connectivity index (χ4n) is 1.54. The highest BCUT2D eigenvalue weighted by Gasteiger charge is 2.12. The molecule has 0 heterocycles. The molecule has 0 aromatic carbocycles. The lowest BCUT2D eigenvalue weighted by molar-refractivity contribution is -0.131. The zero-order valence-electron chi connectivity index (χ0n) is 11.7. The minimum Gasteiger partial charge on any atom is -0.383 e. The van der Waals surface area contributed by atoms with Crippen LogP contribution in [-0.2, 0) is 9.53 Å². The molecule has 1 amide bonds. The molecule has 0 rings (SSSR count). The number of hydrogen-bond donors (Lipinski definition) is 1. The zero-order chi connectivity index (χ0) is 13.8. The van der Waals surface area contributed by atoms with E-state index < -0.39 is 0 Å². The van der Waals surface area contributed by atoms with Gasteiger partial charge in [0.05, 0.1) is 19.1 Å². The molecule has 0 unspecified atom stereocenters. The fraction of sp³-hybridized carbons (Fsp3) is 0.846. The number of carbonyl (C=O) groups excluding carboxylic acids is 1. The SMILES string of the molecule is COCCN(CCC#N)C(=O)CCCNC(C)C. The van der Waals surface area contributed by atoms with Gasteiger partial charge in [-0.05, 0) is 13.0 Å². The molecule has 0 aliphatic rings. The van der Waals surface area contributed by atoms with Gasteiger partial charge in [-0.3, -0.25) is 4.79 Å². The van der Waals surface area contributed by atoms with Crippen molar-refractivity contribution in [3.05, 3.63) is 0 Å². The van der Waals surface area contributed by atoms with Crippen molar-refractivity contribution in [1.82, 2.24) is 10.2 Å². The number of nitrogens with zero attached hydrogens (tertiary/aromatic N) is 2. The molecular weight excluding hydrogens is 230 g/mol. The van der Waals surface area contributed by atoms with Crippen LogP contribution in [0.3, 0.4) is 0 Å². The fourth-order valence-corrected chi connectivity index (χ4v) is 1.54. The molecular formula is C13H25N3O2. The molecule has 0 spiro atoms. The van der Waals surface area contributed by atoms with Gasteiger partial charge in [0.2, 0.25) is 5.91 Å². The summed E-state index contributed by atoms with van der Waals surface area (Å²) >= 11 is 0. The van der Waals surface area contributed by atoms with E-state index >= 15 is 0 Å². The maximum Gasteiger partial charge on any atom is 0.222 e. The molecule has 0 bridgehead atoms. The second kappa shape index (κ2) is 11.0. The maximum absolute atomic E-state index is 11.9. The highest BCUT2D eigenvalue weighted by atomic mass is 16.5. The van der Waals surface area contributed by atoms with Crippen molar-refractivity contribution in [1.29, 1.82) is 5.26 Å². The summed E-state index contributed by atoms with van der Waals surface area (Å²) in [4.78, 5) is 13.6. The summed E-state index contributed by atoms with van der Waals surface area (Å²) in [5.41, 5.74) is 0. The molecule has 5 nitrogen and oxygen atoms in total. The molecule has 1 N–H and O–H groups in total. The van der Waals surface area contributed by atoms with Crippen molar-refractivity contribution in [2.45, 2.75) is 39.2 Å². The van der Waals surface area contributed by atoms with E-state index in [1.165, 1.54) is 0 Å². The zero-order valence-corrected chi connectivity index (χ0v) is 11.7. The smallest absolute Gasteiger partial charge is 0.222 e. The summed E-state index contributed by atoms with van der Waals surface area (Å²) in [5, 5.41) is 11.8. The molecule has 0 aromatic rings. The molecule has 0 atom stereocenters. The number of hydrogen-bond acceptors (Lipinski definition) is 4. The summed E-state index contributed by atoms with van der Waals surface area (Å²) < 4.78 is 4.97. The van der Waals surface area contributed by atoms with Gasteiger partial charge in [0.25, 0.3) is 0 Å². The minimum absolute atomic E-state index is 0.104. The Morgan fingerprint density at radius 2 is 2.17 bits per heavy atom. The summed E-state index contributed by atoms with van der Waals surface area (Å²) in [5.74, 6) is 0.104. The molecule has 0 fully saturated rings. The summed E-state index contributed by atoms with van der Waals surface area (Å²) in [7, 11) is 1.61. The highest BCUT2D eigenvalue weighted by molar-refractivity contribution is 5.76. The molecule has 5 heteroatoms. The number of amides is 1. The third-order valence-electron chi connectivity index (χ3n) is 2.53. The number of ether oxygens (including phenoxy) is 1. The Hall–Kier alpha value is -1.12. The molecule has 18 heavy (non-hydrogen) atoms. The Labute approximate surface area is 110 Å². The first-order chi connectivity index (χ1) is 8.61. The van der Waals surface area contributed by atoms with Crippen molar-refractivity contribution in [3.8, 4) is 6.07 Å². The Morgan fingerprint density at radius 1 is 1.44 bits per heavy atom. The van der Waals surface area contributed by atoms with Crippen LogP contribution in [0.2, 0.25) is 0 Å². The Kier molecular flexibility index (Phi) is 10.3. The molecule has 104 valence electrons. The highest BCUT2D eigenvalue weighted by Crippen LogP contribution is 1.99. The van der Waals surface area contributed by atoms with Crippen molar-refractivity contribution in [2.24, 2.45) is 0 Å². The lowest BCUT2D eigenvalue weighted by atomic mass is 10.2. The van der Waals surface area contributed by atoms with Gasteiger partial charge in [0.1, 0.15) is 0 Å². The van der Waals surface area contributed by atoms with Crippen LogP contribution in [0.15, 0.2) is 0 Å². The summed E-state index contributed by atoms with van der Waals surface area (Å²) in [6, 6.07) is 2.51. The Bertz CT molecular complexity index is 261. The summed E-state index contributed by atoms with van der Waals surface area (Å²) in [6.45, 7) is 6.59.